The molecular weight excluding hydrogens is 375 g/mol. The van der Waals surface area contributed by atoms with Crippen LogP contribution in [0.3, 0.4) is 0 Å². The molecule has 0 bridgehead atoms. The molecule has 0 saturated heterocycles. The molecule has 2 aromatic heterocycles. The summed E-state index contributed by atoms with van der Waals surface area (Å²) in [6.45, 7) is 7.01. The number of pyridine rings is 1. The fraction of sp³-hybridized carbons (Fsp3) is 0.632. The van der Waals surface area contributed by atoms with Gasteiger partial charge in [-0.3, -0.25) is 0 Å². The van der Waals surface area contributed by atoms with Gasteiger partial charge in [-0.15, -0.1) is 0 Å². The van der Waals surface area contributed by atoms with E-state index in [1.807, 2.05) is 6.20 Å². The maximum atomic E-state index is 4.68. The van der Waals surface area contributed by atoms with E-state index in [9.17, 15) is 0 Å². The van der Waals surface area contributed by atoms with E-state index in [0.29, 0.717) is 0 Å². The second kappa shape index (κ2) is 8.95. The van der Waals surface area contributed by atoms with Crippen molar-refractivity contribution in [1.29, 1.82) is 0 Å². The first-order valence-electron chi connectivity index (χ1n) is 9.20. The molecule has 0 spiro atoms. The fourth-order valence-electron chi connectivity index (χ4n) is 3.66. The summed E-state index contributed by atoms with van der Waals surface area (Å²) >= 11 is -2.36. The van der Waals surface area contributed by atoms with Crippen LogP contribution in [0.5, 0.6) is 0 Å². The molecule has 0 amide bonds. The Morgan fingerprint density at radius 1 is 0.864 bits per heavy atom. The zero-order valence-electron chi connectivity index (χ0n) is 14.6. The van der Waals surface area contributed by atoms with E-state index < -0.39 is 18.4 Å². The SMILES string of the molecule is CCC[CH2][Sn]([CH2]CCC)([CH2]CCC)[c]1cccc2ccnn12. The number of rotatable bonds is 10. The second-order valence-corrected chi connectivity index (χ2v) is 19.7. The summed E-state index contributed by atoms with van der Waals surface area (Å²) < 4.78 is 8.45. The molecule has 0 N–H and O–H groups in total. The van der Waals surface area contributed by atoms with Gasteiger partial charge in [0.1, 0.15) is 0 Å². The van der Waals surface area contributed by atoms with Crippen molar-refractivity contribution in [3.05, 3.63) is 30.5 Å². The fourth-order valence-corrected chi connectivity index (χ4v) is 19.9. The third-order valence-electron chi connectivity index (χ3n) is 4.99. The Labute approximate surface area is 140 Å². The summed E-state index contributed by atoms with van der Waals surface area (Å²) in [5.74, 6) is 0. The van der Waals surface area contributed by atoms with Gasteiger partial charge in [0.05, 0.1) is 0 Å². The normalized spacial score (nSPS) is 12.1. The third kappa shape index (κ3) is 4.06. The molecule has 0 unspecified atom stereocenters. The standard InChI is InChI=1S/C7H5N2.3C4H9.Sn/c1-2-6-9-7(3-1)4-5-8-9;3*1-3-4-2;/h1-5H;3*1,3-4H2,2H3;. The van der Waals surface area contributed by atoms with Crippen molar-refractivity contribution in [2.45, 2.75) is 72.6 Å². The first-order valence-corrected chi connectivity index (χ1v) is 16.7. The van der Waals surface area contributed by atoms with Crippen LogP contribution in [0.15, 0.2) is 30.5 Å². The number of unbranched alkanes of at least 4 members (excludes halogenated alkanes) is 3. The summed E-state index contributed by atoms with van der Waals surface area (Å²) in [5, 5.41) is 4.68. The van der Waals surface area contributed by atoms with Crippen LogP contribution in [-0.4, -0.2) is 28.0 Å². The van der Waals surface area contributed by atoms with Crippen LogP contribution < -0.4 is 3.71 Å². The number of nitrogens with zero attached hydrogens (tertiary/aromatic N) is 2. The van der Waals surface area contributed by atoms with E-state index in [1.165, 1.54) is 57.4 Å². The van der Waals surface area contributed by atoms with Crippen LogP contribution in [0.25, 0.3) is 5.52 Å². The summed E-state index contributed by atoms with van der Waals surface area (Å²) in [6.07, 6.45) is 10.2. The molecule has 0 atom stereocenters. The molecule has 0 aliphatic heterocycles. The molecular formula is C19H32N2Sn. The molecule has 22 heavy (non-hydrogen) atoms. The molecule has 0 radical (unpaired) electrons. The Bertz CT molecular complexity index is 540. The molecule has 0 saturated carbocycles. The predicted molar refractivity (Wildman–Crippen MR) is 99.7 cm³/mol. The number of hydrogen-bond donors (Lipinski definition) is 0. The Morgan fingerprint density at radius 2 is 1.45 bits per heavy atom. The Kier molecular flexibility index (Phi) is 7.26. The molecule has 2 rings (SSSR count). The van der Waals surface area contributed by atoms with E-state index in [0.717, 1.165) is 0 Å². The van der Waals surface area contributed by atoms with Gasteiger partial charge in [0.2, 0.25) is 0 Å². The van der Waals surface area contributed by atoms with Crippen LogP contribution in [-0.2, 0) is 0 Å². The minimum atomic E-state index is -2.36. The molecule has 2 heterocycles. The topological polar surface area (TPSA) is 17.3 Å². The van der Waals surface area contributed by atoms with Crippen LogP contribution in [0.1, 0.15) is 59.3 Å². The first-order chi connectivity index (χ1) is 10.8. The van der Waals surface area contributed by atoms with Gasteiger partial charge in [-0.2, -0.15) is 0 Å². The molecule has 0 aliphatic rings. The third-order valence-corrected chi connectivity index (χ3v) is 20.4. The van der Waals surface area contributed by atoms with Crippen molar-refractivity contribution in [1.82, 2.24) is 9.61 Å². The zero-order chi connectivity index (χ0) is 15.8. The molecule has 0 aliphatic carbocycles. The van der Waals surface area contributed by atoms with Crippen molar-refractivity contribution >= 4 is 27.6 Å². The second-order valence-electron chi connectivity index (χ2n) is 6.67. The van der Waals surface area contributed by atoms with Gasteiger partial charge in [-0.25, -0.2) is 0 Å². The van der Waals surface area contributed by atoms with E-state index in [-0.39, 0.29) is 0 Å². The van der Waals surface area contributed by atoms with Crippen molar-refractivity contribution in [3.8, 4) is 0 Å². The summed E-state index contributed by atoms with van der Waals surface area (Å²) in [7, 11) is 0. The first kappa shape index (κ1) is 17.8. The average molecular weight is 407 g/mol. The Morgan fingerprint density at radius 3 is 2.00 bits per heavy atom. The van der Waals surface area contributed by atoms with E-state index >= 15 is 0 Å². The Balaban J connectivity index is 2.45. The predicted octanol–water partition coefficient (Wildman–Crippen LogP) is 5.39. The van der Waals surface area contributed by atoms with Gasteiger partial charge in [0.25, 0.3) is 0 Å². The van der Waals surface area contributed by atoms with Crippen LogP contribution in [0.4, 0.5) is 0 Å². The summed E-state index contributed by atoms with van der Waals surface area (Å²) in [5.41, 5.74) is 1.28. The molecule has 0 fully saturated rings. The maximum absolute atomic E-state index is 4.68. The number of aromatic nitrogens is 2. The molecule has 122 valence electrons. The molecule has 2 aromatic rings. The van der Waals surface area contributed by atoms with Gasteiger partial charge < -0.3 is 0 Å². The van der Waals surface area contributed by atoms with Gasteiger partial charge in [-0.05, 0) is 0 Å². The minimum absolute atomic E-state index is 1.28. The van der Waals surface area contributed by atoms with Gasteiger partial charge in [0, 0.05) is 0 Å². The van der Waals surface area contributed by atoms with E-state index in [2.05, 4.69) is 54.7 Å². The van der Waals surface area contributed by atoms with Crippen LogP contribution in [0.2, 0.25) is 13.3 Å². The summed E-state index contributed by atoms with van der Waals surface area (Å²) in [4.78, 5) is 0. The van der Waals surface area contributed by atoms with Crippen molar-refractivity contribution in [2.75, 3.05) is 0 Å². The van der Waals surface area contributed by atoms with Crippen LogP contribution >= 0.6 is 0 Å². The van der Waals surface area contributed by atoms with E-state index in [1.54, 1.807) is 3.71 Å². The van der Waals surface area contributed by atoms with Gasteiger partial charge in [0.15, 0.2) is 0 Å². The van der Waals surface area contributed by atoms with Gasteiger partial charge >= 0.3 is 140 Å². The van der Waals surface area contributed by atoms with Crippen LogP contribution in [0, 0.1) is 0 Å². The van der Waals surface area contributed by atoms with Gasteiger partial charge in [-0.1, -0.05) is 0 Å². The van der Waals surface area contributed by atoms with Crippen molar-refractivity contribution < 1.29 is 0 Å². The average Bonchev–Trinajstić information content (AvgIpc) is 3.03. The van der Waals surface area contributed by atoms with Crippen molar-refractivity contribution in [3.63, 3.8) is 0 Å². The zero-order valence-corrected chi connectivity index (χ0v) is 17.5. The van der Waals surface area contributed by atoms with E-state index in [4.69, 9.17) is 0 Å². The molecule has 0 aromatic carbocycles. The molecule has 2 nitrogen and oxygen atoms in total. The Hall–Kier alpha value is -0.511. The quantitative estimate of drug-likeness (QED) is 0.483. The number of fused-ring (bicyclic) bond motifs is 1. The van der Waals surface area contributed by atoms with Crippen molar-refractivity contribution in [2.24, 2.45) is 0 Å². The summed E-state index contributed by atoms with van der Waals surface area (Å²) in [6, 6.07) is 9.03. The number of hydrogen-bond acceptors (Lipinski definition) is 1. The monoisotopic (exact) mass is 408 g/mol. The molecule has 3 heteroatoms.